The first kappa shape index (κ1) is 17.5. The Morgan fingerprint density at radius 2 is 2.24 bits per heavy atom. The van der Waals surface area contributed by atoms with E-state index in [2.05, 4.69) is 5.32 Å². The van der Waals surface area contributed by atoms with E-state index in [1.807, 2.05) is 4.90 Å². The number of hydrogen-bond donors (Lipinski definition) is 1. The van der Waals surface area contributed by atoms with E-state index in [1.54, 1.807) is 19.2 Å². The van der Waals surface area contributed by atoms with Crippen molar-refractivity contribution in [3.8, 4) is 0 Å². The van der Waals surface area contributed by atoms with Crippen molar-refractivity contribution in [2.24, 2.45) is 0 Å². The first-order valence-electron chi connectivity index (χ1n) is 8.28. The van der Waals surface area contributed by atoms with Gasteiger partial charge in [-0.3, -0.25) is 9.69 Å². The summed E-state index contributed by atoms with van der Waals surface area (Å²) in [4.78, 5) is 26.3. The van der Waals surface area contributed by atoms with Gasteiger partial charge in [-0.2, -0.15) is 0 Å². The lowest BCUT2D eigenvalue weighted by atomic mass is 10.2. The van der Waals surface area contributed by atoms with Crippen LogP contribution >= 0.6 is 0 Å². The molecule has 2 fully saturated rings. The molecule has 2 amide bonds. The van der Waals surface area contributed by atoms with Crippen LogP contribution in [0.2, 0.25) is 0 Å². The minimum absolute atomic E-state index is 0.113. The highest BCUT2D eigenvalue weighted by Gasteiger charge is 2.33. The molecule has 1 aromatic rings. The van der Waals surface area contributed by atoms with E-state index >= 15 is 0 Å². The van der Waals surface area contributed by atoms with Crippen LogP contribution in [0.1, 0.15) is 13.3 Å². The van der Waals surface area contributed by atoms with E-state index in [-0.39, 0.29) is 30.9 Å². The van der Waals surface area contributed by atoms with Gasteiger partial charge in [0.05, 0.1) is 30.6 Å². The Morgan fingerprint density at radius 1 is 1.44 bits per heavy atom. The van der Waals surface area contributed by atoms with Crippen LogP contribution in [0, 0.1) is 5.82 Å². The monoisotopic (exact) mass is 351 g/mol. The predicted octanol–water partition coefficient (Wildman–Crippen LogP) is 1.51. The van der Waals surface area contributed by atoms with Crippen LogP contribution < -0.4 is 15.1 Å². The number of cyclic esters (lactones) is 1. The van der Waals surface area contributed by atoms with Gasteiger partial charge >= 0.3 is 6.09 Å². The third-order valence-electron chi connectivity index (χ3n) is 4.51. The number of amides is 2. The fourth-order valence-corrected chi connectivity index (χ4v) is 3.16. The maximum Gasteiger partial charge on any atom is 0.414 e. The first-order valence-corrected chi connectivity index (χ1v) is 8.28. The third kappa shape index (κ3) is 3.84. The van der Waals surface area contributed by atoms with Crippen LogP contribution in [0.3, 0.4) is 0 Å². The smallest absolute Gasteiger partial charge is 0.414 e. The number of anilines is 2. The van der Waals surface area contributed by atoms with Gasteiger partial charge in [0.15, 0.2) is 0 Å². The molecule has 0 aromatic heterocycles. The van der Waals surface area contributed by atoms with E-state index in [0.29, 0.717) is 17.9 Å². The van der Waals surface area contributed by atoms with Gasteiger partial charge in [0.25, 0.3) is 0 Å². The summed E-state index contributed by atoms with van der Waals surface area (Å²) >= 11 is 0. The second kappa shape index (κ2) is 7.26. The molecule has 0 bridgehead atoms. The standard InChI is InChI=1S/C17H22FN3O4/c1-11(22)19-8-14-10-21(17(23)25-14)12-3-4-16(15(18)7-12)20-6-5-13(9-20)24-2/h3-4,7,13-14H,5-6,8-10H2,1-2H3,(H,19,22). The molecular weight excluding hydrogens is 329 g/mol. The summed E-state index contributed by atoms with van der Waals surface area (Å²) in [6.45, 7) is 3.30. The van der Waals surface area contributed by atoms with Gasteiger partial charge in [0.1, 0.15) is 11.9 Å². The number of nitrogens with one attached hydrogen (secondary N) is 1. The Labute approximate surface area is 145 Å². The molecular formula is C17H22FN3O4. The number of methoxy groups -OCH3 is 1. The molecule has 2 heterocycles. The van der Waals surface area contributed by atoms with Gasteiger partial charge in [0.2, 0.25) is 5.91 Å². The number of hydrogen-bond acceptors (Lipinski definition) is 5. The second-order valence-electron chi connectivity index (χ2n) is 6.28. The van der Waals surface area contributed by atoms with Crippen molar-refractivity contribution in [3.05, 3.63) is 24.0 Å². The number of rotatable bonds is 5. The molecule has 25 heavy (non-hydrogen) atoms. The number of carbonyl (C=O) groups excluding carboxylic acids is 2. The minimum Gasteiger partial charge on any atom is -0.442 e. The molecule has 1 aromatic carbocycles. The zero-order chi connectivity index (χ0) is 18.0. The van der Waals surface area contributed by atoms with Crippen molar-refractivity contribution in [2.75, 3.05) is 43.1 Å². The van der Waals surface area contributed by atoms with Gasteiger partial charge in [-0.15, -0.1) is 0 Å². The van der Waals surface area contributed by atoms with E-state index in [0.717, 1.165) is 13.0 Å². The van der Waals surface area contributed by atoms with Crippen molar-refractivity contribution in [3.63, 3.8) is 0 Å². The van der Waals surface area contributed by atoms with Gasteiger partial charge in [-0.1, -0.05) is 0 Å². The highest BCUT2D eigenvalue weighted by molar-refractivity contribution is 5.90. The predicted molar refractivity (Wildman–Crippen MR) is 90.3 cm³/mol. The van der Waals surface area contributed by atoms with Crippen LogP contribution in [-0.4, -0.2) is 57.5 Å². The number of ether oxygens (including phenoxy) is 2. The van der Waals surface area contributed by atoms with Crippen molar-refractivity contribution < 1.29 is 23.5 Å². The number of carbonyl (C=O) groups is 2. The Morgan fingerprint density at radius 3 is 2.88 bits per heavy atom. The quantitative estimate of drug-likeness (QED) is 0.871. The normalized spacial score (nSPS) is 23.1. The van der Waals surface area contributed by atoms with Gasteiger partial charge < -0.3 is 19.7 Å². The Bertz CT molecular complexity index is 669. The summed E-state index contributed by atoms with van der Waals surface area (Å²) in [5.41, 5.74) is 0.949. The molecule has 2 unspecified atom stereocenters. The van der Waals surface area contributed by atoms with Crippen molar-refractivity contribution >= 4 is 23.4 Å². The van der Waals surface area contributed by atoms with E-state index < -0.39 is 12.2 Å². The molecule has 136 valence electrons. The number of benzene rings is 1. The summed E-state index contributed by atoms with van der Waals surface area (Å²) in [6.07, 6.45) is -0.00786. The molecule has 1 N–H and O–H groups in total. The van der Waals surface area contributed by atoms with Crippen molar-refractivity contribution in [1.29, 1.82) is 0 Å². The van der Waals surface area contributed by atoms with Crippen LogP contribution in [0.4, 0.5) is 20.6 Å². The molecule has 2 atom stereocenters. The fourth-order valence-electron chi connectivity index (χ4n) is 3.16. The van der Waals surface area contributed by atoms with Crippen LogP contribution in [-0.2, 0) is 14.3 Å². The molecule has 0 radical (unpaired) electrons. The Hall–Kier alpha value is -2.35. The zero-order valence-corrected chi connectivity index (χ0v) is 14.3. The zero-order valence-electron chi connectivity index (χ0n) is 14.3. The molecule has 0 spiro atoms. The maximum absolute atomic E-state index is 14.5. The lowest BCUT2D eigenvalue weighted by Crippen LogP contribution is -2.33. The highest BCUT2D eigenvalue weighted by atomic mass is 19.1. The third-order valence-corrected chi connectivity index (χ3v) is 4.51. The van der Waals surface area contributed by atoms with E-state index in [9.17, 15) is 14.0 Å². The average molecular weight is 351 g/mol. The Kier molecular flexibility index (Phi) is 5.08. The molecule has 2 saturated heterocycles. The van der Waals surface area contributed by atoms with Crippen LogP contribution in [0.5, 0.6) is 0 Å². The van der Waals surface area contributed by atoms with Crippen LogP contribution in [0.15, 0.2) is 18.2 Å². The second-order valence-corrected chi connectivity index (χ2v) is 6.28. The van der Waals surface area contributed by atoms with E-state index in [1.165, 1.54) is 17.9 Å². The SMILES string of the molecule is COC1CCN(c2ccc(N3CC(CNC(C)=O)OC3=O)cc2F)C1. The lowest BCUT2D eigenvalue weighted by molar-refractivity contribution is -0.119. The minimum atomic E-state index is -0.539. The number of halogens is 1. The molecule has 2 aliphatic rings. The summed E-state index contributed by atoms with van der Waals surface area (Å²) in [6, 6.07) is 4.73. The van der Waals surface area contributed by atoms with E-state index in [4.69, 9.17) is 9.47 Å². The summed E-state index contributed by atoms with van der Waals surface area (Å²) < 4.78 is 25.1. The van der Waals surface area contributed by atoms with Crippen LogP contribution in [0.25, 0.3) is 0 Å². The molecule has 2 aliphatic heterocycles. The summed E-state index contributed by atoms with van der Waals surface area (Å²) in [5.74, 6) is -0.572. The van der Waals surface area contributed by atoms with Gasteiger partial charge in [0, 0.05) is 27.1 Å². The Balaban J connectivity index is 1.68. The van der Waals surface area contributed by atoms with Gasteiger partial charge in [-0.05, 0) is 24.6 Å². The number of nitrogens with zero attached hydrogens (tertiary/aromatic N) is 2. The molecule has 0 saturated carbocycles. The molecule has 8 heteroatoms. The van der Waals surface area contributed by atoms with Crippen molar-refractivity contribution in [1.82, 2.24) is 5.32 Å². The topological polar surface area (TPSA) is 71.1 Å². The largest absolute Gasteiger partial charge is 0.442 e. The lowest BCUT2D eigenvalue weighted by Gasteiger charge is -2.21. The average Bonchev–Trinajstić information content (AvgIpc) is 3.19. The molecule has 0 aliphatic carbocycles. The summed E-state index contributed by atoms with van der Waals surface area (Å²) in [7, 11) is 1.66. The summed E-state index contributed by atoms with van der Waals surface area (Å²) in [5, 5.41) is 2.61. The fraction of sp³-hybridized carbons (Fsp3) is 0.529. The van der Waals surface area contributed by atoms with Gasteiger partial charge in [-0.25, -0.2) is 9.18 Å². The van der Waals surface area contributed by atoms with Crippen molar-refractivity contribution in [2.45, 2.75) is 25.6 Å². The maximum atomic E-state index is 14.5. The highest BCUT2D eigenvalue weighted by Crippen LogP contribution is 2.30. The molecule has 3 rings (SSSR count). The molecule has 7 nitrogen and oxygen atoms in total. The first-order chi connectivity index (χ1) is 12.0.